The maximum atomic E-state index is 14.3. The van der Waals surface area contributed by atoms with Crippen molar-refractivity contribution in [1.29, 1.82) is 0 Å². The number of hydrogen-bond acceptors (Lipinski definition) is 22. The van der Waals surface area contributed by atoms with E-state index in [2.05, 4.69) is 31.6 Å². The van der Waals surface area contributed by atoms with Crippen LogP contribution in [0, 0.1) is 12.8 Å². The predicted octanol–water partition coefficient (Wildman–Crippen LogP) is 8.27. The van der Waals surface area contributed by atoms with E-state index in [9.17, 15) is 33.9 Å². The zero-order chi connectivity index (χ0) is 56.6. The minimum atomic E-state index is -1.26. The number of nitrogens with two attached hydrogens (primary N) is 1. The normalized spacial score (nSPS) is 16.6. The Morgan fingerprint density at radius 1 is 0.750 bits per heavy atom. The average Bonchev–Trinajstić information content (AvgIpc) is 4.37. The highest BCUT2D eigenvalue weighted by Gasteiger charge is 2.33. The first-order valence-corrected chi connectivity index (χ1v) is 30.4. The fourth-order valence-electron chi connectivity index (χ4n) is 8.53. The molecule has 5 amide bonds. The first-order chi connectivity index (χ1) is 38.6. The smallest absolute Gasteiger partial charge is 0.271 e. The summed E-state index contributed by atoms with van der Waals surface area (Å²) >= 11 is 7.42. The van der Waals surface area contributed by atoms with Gasteiger partial charge in [0.1, 0.15) is 77.2 Å². The van der Waals surface area contributed by atoms with Gasteiger partial charge in [-0.05, 0) is 49.9 Å². The number of unbranched alkanes of at least 4 members (excludes halogenated alkanes) is 1. The topological polar surface area (TPSA) is 308 Å². The number of Topliss-reactive ketones (excluding diaryl/α,β-unsaturated/α-hetero) is 1. The molecule has 8 N–H and O–H groups in total. The highest BCUT2D eigenvalue weighted by Crippen LogP contribution is 2.41. The van der Waals surface area contributed by atoms with Gasteiger partial charge in [0.05, 0.1) is 41.2 Å². The molecule has 10 bridgehead atoms. The SMILES string of the molecule is CNC(=O)C[C@@H]1NC(=O)c2csc(n2)-c2ccc(-c3nc(NC(=O)CCCCN)cs3)nc2-c2csc(n2)-c2csc(n2)[C@H]([C@@H](O)c2ccccc2)NC(=O)CNC(=O)c2nc(sc2COC)[C@H](C(C)C)CC(=O)c2nc1sc2C. The van der Waals surface area contributed by atoms with Gasteiger partial charge < -0.3 is 42.2 Å². The van der Waals surface area contributed by atoms with E-state index in [0.29, 0.717) is 98.9 Å². The van der Waals surface area contributed by atoms with Gasteiger partial charge in [0, 0.05) is 64.9 Å². The van der Waals surface area contributed by atoms with Gasteiger partial charge in [-0.2, -0.15) is 0 Å². The van der Waals surface area contributed by atoms with Gasteiger partial charge in [0.25, 0.3) is 11.8 Å². The number of rotatable bonds is 13. The summed E-state index contributed by atoms with van der Waals surface area (Å²) in [7, 11) is 2.98. The number of hydrogen-bond donors (Lipinski definition) is 7. The van der Waals surface area contributed by atoms with E-state index in [1.807, 2.05) is 31.4 Å². The molecule has 0 aliphatic carbocycles. The molecule has 0 fully saturated rings. The Labute approximate surface area is 483 Å². The molecule has 80 heavy (non-hydrogen) atoms. The summed E-state index contributed by atoms with van der Waals surface area (Å²) in [5.74, 6) is -2.90. The second-order valence-electron chi connectivity index (χ2n) is 18.7. The second-order valence-corrected chi connectivity index (χ2v) is 24.6. The van der Waals surface area contributed by atoms with Gasteiger partial charge in [-0.1, -0.05) is 44.2 Å². The Kier molecular flexibility index (Phi) is 18.8. The third-order valence-electron chi connectivity index (χ3n) is 12.7. The number of aromatic nitrogens is 7. The number of carbonyl (C=O) groups excluding carboxylic acids is 6. The zero-order valence-corrected chi connectivity index (χ0v) is 48.8. The van der Waals surface area contributed by atoms with Gasteiger partial charge in [0.2, 0.25) is 17.7 Å². The van der Waals surface area contributed by atoms with Crippen molar-refractivity contribution in [1.82, 2.24) is 56.2 Å². The second kappa shape index (κ2) is 26.1. The maximum absolute atomic E-state index is 14.3. The molecule has 1 aromatic carbocycles. The van der Waals surface area contributed by atoms with Crippen LogP contribution in [-0.2, 0) is 25.7 Å². The lowest BCUT2D eigenvalue weighted by molar-refractivity contribution is -0.122. The van der Waals surface area contributed by atoms with Crippen molar-refractivity contribution in [3.63, 3.8) is 0 Å². The number of carbonyl (C=O) groups is 6. The highest BCUT2D eigenvalue weighted by molar-refractivity contribution is 7.15. The number of aliphatic hydroxyl groups is 1. The maximum Gasteiger partial charge on any atom is 0.271 e. The van der Waals surface area contributed by atoms with Crippen LogP contribution < -0.4 is 32.3 Å². The number of aryl methyl sites for hydroxylation is 1. The van der Waals surface area contributed by atoms with Crippen LogP contribution in [0.1, 0.15) is 132 Å². The molecule has 27 heteroatoms. The van der Waals surface area contributed by atoms with Gasteiger partial charge in [-0.15, -0.1) is 68.0 Å². The van der Waals surface area contributed by atoms with E-state index in [1.54, 1.807) is 53.4 Å². The fourth-order valence-corrected chi connectivity index (χ4v) is 14.1. The van der Waals surface area contributed by atoms with Crippen LogP contribution >= 0.6 is 68.0 Å². The molecule has 9 rings (SSSR count). The first-order valence-electron chi connectivity index (χ1n) is 25.3. The fraction of sp³-hybridized carbons (Fsp3) is 0.340. The Morgan fingerprint density at radius 3 is 2.24 bits per heavy atom. The molecule has 4 atom stereocenters. The first kappa shape index (κ1) is 57.7. The van der Waals surface area contributed by atoms with Crippen molar-refractivity contribution in [2.75, 3.05) is 32.6 Å². The monoisotopic (exact) mass is 1190 g/mol. The van der Waals surface area contributed by atoms with Crippen LogP contribution in [0.4, 0.5) is 5.82 Å². The molecule has 0 saturated carbocycles. The number of nitrogens with zero attached hydrogens (tertiary/aromatic N) is 7. The molecule has 1 aliphatic heterocycles. The Bertz CT molecular complexity index is 3550. The predicted molar refractivity (Wildman–Crippen MR) is 310 cm³/mol. The Hall–Kier alpha value is -6.95. The molecule has 0 unspecified atom stereocenters. The number of aliphatic hydroxyl groups excluding tert-OH is 1. The standard InChI is InChI=1S/C53H55N13O8S6/c1-25(2)29-17-35(67)41-26(3)79-52(65-41)31(18-39(69)55-4)58-46(72)33-22-75-48(60-33)28-14-15-30(50-63-37(24-78-50)62-38(68)13-9-10-16-54)57-42(28)32-21-76-51(59-32)34-23-77-53(61-34)44(45(71)27-11-7-6-8-12-27)64-40(70)19-56-47(73)43-36(20-74-5)80-49(29)66-43/h6-8,11-12,14-15,21-25,29,31,44-45,71H,9-10,13,16-20,54H2,1-5H3,(H,55,69)(H,56,73)(H,58,72)(H,62,68)(H,64,70)/t29-,31-,44-,45-/m0/s1. The Balaban J connectivity index is 1.12. The molecule has 416 valence electrons. The Morgan fingerprint density at radius 2 is 1.48 bits per heavy atom. The van der Waals surface area contributed by atoms with Gasteiger partial charge in [-0.25, -0.2) is 34.9 Å². The third kappa shape index (κ3) is 13.4. The van der Waals surface area contributed by atoms with Gasteiger partial charge >= 0.3 is 0 Å². The molecule has 8 aromatic rings. The van der Waals surface area contributed by atoms with Crippen LogP contribution in [0.2, 0.25) is 0 Å². The number of amides is 5. The highest BCUT2D eigenvalue weighted by atomic mass is 32.1. The van der Waals surface area contributed by atoms with E-state index in [1.165, 1.54) is 82.2 Å². The van der Waals surface area contributed by atoms with Crippen molar-refractivity contribution in [2.24, 2.45) is 11.7 Å². The van der Waals surface area contributed by atoms with E-state index < -0.39 is 48.4 Å². The number of fused-ring (bicyclic) bond motifs is 14. The van der Waals surface area contributed by atoms with Gasteiger partial charge in [0.15, 0.2) is 5.78 Å². The number of ether oxygens (including phenoxy) is 1. The molecule has 21 nitrogen and oxygen atoms in total. The molecule has 0 spiro atoms. The minimum absolute atomic E-state index is 0.0260. The minimum Gasteiger partial charge on any atom is -0.386 e. The van der Waals surface area contributed by atoms with Crippen LogP contribution in [0.3, 0.4) is 0 Å². The van der Waals surface area contributed by atoms with E-state index in [-0.39, 0.29) is 60.0 Å². The lowest BCUT2D eigenvalue weighted by Gasteiger charge is -2.23. The summed E-state index contributed by atoms with van der Waals surface area (Å²) < 4.78 is 5.47. The summed E-state index contributed by atoms with van der Waals surface area (Å²) in [5.41, 5.74) is 8.72. The molecule has 1 aliphatic rings. The van der Waals surface area contributed by atoms with Gasteiger partial charge in [-0.3, -0.25) is 28.8 Å². The van der Waals surface area contributed by atoms with Crippen LogP contribution in [0.5, 0.6) is 0 Å². The number of pyridine rings is 1. The van der Waals surface area contributed by atoms with E-state index >= 15 is 0 Å². The van der Waals surface area contributed by atoms with Crippen molar-refractivity contribution < 1.29 is 38.6 Å². The van der Waals surface area contributed by atoms with E-state index in [4.69, 9.17) is 40.4 Å². The lowest BCUT2D eigenvalue weighted by atomic mass is 9.90. The molecule has 0 radical (unpaired) electrons. The summed E-state index contributed by atoms with van der Waals surface area (Å²) in [5, 5.41) is 35.5. The van der Waals surface area contributed by atoms with Crippen molar-refractivity contribution in [2.45, 2.75) is 83.6 Å². The average molecular weight is 1190 g/mol. The molecule has 7 aromatic heterocycles. The number of methoxy groups -OCH3 is 1. The largest absolute Gasteiger partial charge is 0.386 e. The number of thiazole rings is 6. The van der Waals surface area contributed by atoms with E-state index in [0.717, 1.165) is 6.42 Å². The number of benzene rings is 1. The summed E-state index contributed by atoms with van der Waals surface area (Å²) in [6, 6.07) is 10.4. The summed E-state index contributed by atoms with van der Waals surface area (Å²) in [4.78, 5) is 117. The number of anilines is 1. The molecular weight excluding hydrogens is 1140 g/mol. The van der Waals surface area contributed by atoms with Crippen molar-refractivity contribution >= 4 is 109 Å². The van der Waals surface area contributed by atoms with Crippen LogP contribution in [0.25, 0.3) is 43.4 Å². The molecular formula is C53H55N13O8S6. The van der Waals surface area contributed by atoms with Crippen LogP contribution in [-0.4, -0.2) is 103 Å². The summed E-state index contributed by atoms with van der Waals surface area (Å²) in [6.07, 6.45) is 0.203. The number of nitrogens with one attached hydrogen (secondary N) is 5. The lowest BCUT2D eigenvalue weighted by Crippen LogP contribution is -2.40. The molecule has 8 heterocycles. The van der Waals surface area contributed by atoms with Crippen LogP contribution in [0.15, 0.2) is 64.0 Å². The van der Waals surface area contributed by atoms with Crippen molar-refractivity contribution in [3.05, 3.63) is 111 Å². The summed E-state index contributed by atoms with van der Waals surface area (Å²) in [6.45, 7) is 5.69. The quantitative estimate of drug-likeness (QED) is 0.0534. The number of ketones is 1. The zero-order valence-electron chi connectivity index (χ0n) is 43.9. The third-order valence-corrected chi connectivity index (χ3v) is 18.5. The molecule has 0 saturated heterocycles. The van der Waals surface area contributed by atoms with Crippen molar-refractivity contribution in [3.8, 4) is 43.4 Å².